The van der Waals surface area contributed by atoms with Crippen LogP contribution in [0.5, 0.6) is 5.75 Å². The number of ether oxygens (including phenoxy) is 1. The highest BCUT2D eigenvalue weighted by atomic mass is 79.9. The SMILES string of the molecule is O=C(c1cc(Br)cc2c1OCCCC2)C1CC1. The number of carbonyl (C=O) groups is 1. The second-order valence-electron chi connectivity index (χ2n) is 4.89. The zero-order valence-electron chi connectivity index (χ0n) is 9.67. The molecular weight excluding hydrogens is 280 g/mol. The summed E-state index contributed by atoms with van der Waals surface area (Å²) in [5.41, 5.74) is 1.97. The second kappa shape index (κ2) is 4.45. The fraction of sp³-hybridized carbons (Fsp3) is 0.500. The molecule has 1 heterocycles. The van der Waals surface area contributed by atoms with Gasteiger partial charge >= 0.3 is 0 Å². The smallest absolute Gasteiger partial charge is 0.169 e. The molecule has 0 bridgehead atoms. The van der Waals surface area contributed by atoms with Gasteiger partial charge in [-0.2, -0.15) is 0 Å². The summed E-state index contributed by atoms with van der Waals surface area (Å²) in [6, 6.07) is 4.01. The van der Waals surface area contributed by atoms with Crippen molar-refractivity contribution < 1.29 is 9.53 Å². The summed E-state index contributed by atoms with van der Waals surface area (Å²) >= 11 is 3.50. The summed E-state index contributed by atoms with van der Waals surface area (Å²) < 4.78 is 6.78. The molecule has 1 aromatic rings. The molecule has 17 heavy (non-hydrogen) atoms. The maximum absolute atomic E-state index is 12.2. The minimum Gasteiger partial charge on any atom is -0.493 e. The van der Waals surface area contributed by atoms with E-state index in [0.717, 1.165) is 54.5 Å². The van der Waals surface area contributed by atoms with Gasteiger partial charge in [0.05, 0.1) is 12.2 Å². The number of ketones is 1. The predicted octanol–water partition coefficient (Wildman–Crippen LogP) is 3.76. The van der Waals surface area contributed by atoms with Crippen molar-refractivity contribution in [3.8, 4) is 5.75 Å². The third-order valence-corrected chi connectivity index (χ3v) is 3.89. The molecule has 3 rings (SSSR count). The van der Waals surface area contributed by atoms with Gasteiger partial charge in [-0.1, -0.05) is 15.9 Å². The summed E-state index contributed by atoms with van der Waals surface area (Å²) in [6.07, 6.45) is 5.31. The fourth-order valence-corrected chi connectivity index (χ4v) is 2.85. The Hall–Kier alpha value is -0.830. The summed E-state index contributed by atoms with van der Waals surface area (Å²) in [7, 11) is 0. The van der Waals surface area contributed by atoms with Crippen molar-refractivity contribution in [2.24, 2.45) is 5.92 Å². The number of benzene rings is 1. The first-order chi connectivity index (χ1) is 8.25. The van der Waals surface area contributed by atoms with Crippen LogP contribution in [0, 0.1) is 5.92 Å². The number of hydrogen-bond acceptors (Lipinski definition) is 2. The highest BCUT2D eigenvalue weighted by Crippen LogP contribution is 2.39. The Morgan fingerprint density at radius 2 is 2.12 bits per heavy atom. The first-order valence-corrected chi connectivity index (χ1v) is 7.04. The minimum absolute atomic E-state index is 0.250. The number of carbonyl (C=O) groups excluding carboxylic acids is 1. The molecule has 1 aliphatic carbocycles. The van der Waals surface area contributed by atoms with Crippen LogP contribution in [0.25, 0.3) is 0 Å². The van der Waals surface area contributed by atoms with Crippen LogP contribution < -0.4 is 4.74 Å². The Bertz CT molecular complexity index is 464. The Morgan fingerprint density at radius 3 is 2.88 bits per heavy atom. The number of hydrogen-bond donors (Lipinski definition) is 0. The largest absolute Gasteiger partial charge is 0.493 e. The average Bonchev–Trinajstić information content (AvgIpc) is 3.13. The van der Waals surface area contributed by atoms with Crippen LogP contribution in [0.1, 0.15) is 41.6 Å². The molecule has 0 atom stereocenters. The normalized spacial score (nSPS) is 19.1. The maximum atomic E-state index is 12.2. The molecule has 0 spiro atoms. The fourth-order valence-electron chi connectivity index (χ4n) is 2.35. The number of rotatable bonds is 2. The summed E-state index contributed by atoms with van der Waals surface area (Å²) in [5.74, 6) is 1.37. The Morgan fingerprint density at radius 1 is 1.29 bits per heavy atom. The van der Waals surface area contributed by atoms with Gasteiger partial charge in [-0.05, 0) is 49.8 Å². The quantitative estimate of drug-likeness (QED) is 0.777. The lowest BCUT2D eigenvalue weighted by molar-refractivity contribution is 0.0963. The van der Waals surface area contributed by atoms with Crippen molar-refractivity contribution in [2.45, 2.75) is 32.1 Å². The summed E-state index contributed by atoms with van der Waals surface area (Å²) in [5, 5.41) is 0. The van der Waals surface area contributed by atoms with Crippen LogP contribution in [0.3, 0.4) is 0 Å². The number of Topliss-reactive ketones (excluding diaryl/α,β-unsaturated/α-hetero) is 1. The van der Waals surface area contributed by atoms with E-state index in [4.69, 9.17) is 4.74 Å². The first kappa shape index (κ1) is 11.3. The predicted molar refractivity (Wildman–Crippen MR) is 69.6 cm³/mol. The van der Waals surface area contributed by atoms with Crippen molar-refractivity contribution in [3.63, 3.8) is 0 Å². The molecule has 0 N–H and O–H groups in total. The van der Waals surface area contributed by atoms with Crippen LogP contribution in [-0.2, 0) is 6.42 Å². The van der Waals surface area contributed by atoms with Crippen LogP contribution in [0.4, 0.5) is 0 Å². The Kier molecular flexibility index (Phi) is 2.95. The molecule has 1 aromatic carbocycles. The van der Waals surface area contributed by atoms with Crippen LogP contribution in [-0.4, -0.2) is 12.4 Å². The third-order valence-electron chi connectivity index (χ3n) is 3.43. The highest BCUT2D eigenvalue weighted by Gasteiger charge is 2.33. The second-order valence-corrected chi connectivity index (χ2v) is 5.80. The standard InChI is InChI=1S/C14H15BrO2/c15-11-7-10-3-1-2-6-17-14(10)12(8-11)13(16)9-4-5-9/h7-9H,1-6H2. The Labute approximate surface area is 109 Å². The molecule has 1 aliphatic heterocycles. The van der Waals surface area contributed by atoms with Gasteiger partial charge in [0, 0.05) is 10.4 Å². The van der Waals surface area contributed by atoms with Crippen molar-refractivity contribution in [2.75, 3.05) is 6.61 Å². The van der Waals surface area contributed by atoms with E-state index in [1.54, 1.807) is 0 Å². The number of aryl methyl sites for hydroxylation is 1. The van der Waals surface area contributed by atoms with E-state index in [0.29, 0.717) is 0 Å². The number of fused-ring (bicyclic) bond motifs is 1. The van der Waals surface area contributed by atoms with E-state index < -0.39 is 0 Å². The molecule has 1 fully saturated rings. The van der Waals surface area contributed by atoms with E-state index in [1.165, 1.54) is 5.56 Å². The van der Waals surface area contributed by atoms with Crippen molar-refractivity contribution >= 4 is 21.7 Å². The van der Waals surface area contributed by atoms with Gasteiger partial charge in [-0.25, -0.2) is 0 Å². The monoisotopic (exact) mass is 294 g/mol. The van der Waals surface area contributed by atoms with Gasteiger partial charge in [0.15, 0.2) is 5.78 Å². The van der Waals surface area contributed by atoms with Crippen molar-refractivity contribution in [3.05, 3.63) is 27.7 Å². The summed E-state index contributed by atoms with van der Waals surface area (Å²) in [4.78, 5) is 12.2. The molecule has 0 saturated heterocycles. The van der Waals surface area contributed by atoms with E-state index in [2.05, 4.69) is 22.0 Å². The molecule has 1 saturated carbocycles. The van der Waals surface area contributed by atoms with Gasteiger partial charge < -0.3 is 4.74 Å². The lowest BCUT2D eigenvalue weighted by Gasteiger charge is -2.12. The zero-order chi connectivity index (χ0) is 11.8. The molecule has 3 heteroatoms. The van der Waals surface area contributed by atoms with Gasteiger partial charge in [-0.3, -0.25) is 4.79 Å². The minimum atomic E-state index is 0.250. The summed E-state index contributed by atoms with van der Waals surface area (Å²) in [6.45, 7) is 0.736. The molecular formula is C14H15BrO2. The van der Waals surface area contributed by atoms with Crippen LogP contribution in [0.15, 0.2) is 16.6 Å². The highest BCUT2D eigenvalue weighted by molar-refractivity contribution is 9.10. The molecule has 0 amide bonds. The van der Waals surface area contributed by atoms with E-state index in [9.17, 15) is 4.79 Å². The first-order valence-electron chi connectivity index (χ1n) is 6.25. The Balaban J connectivity index is 2.06. The van der Waals surface area contributed by atoms with Gasteiger partial charge in [0.2, 0.25) is 0 Å². The van der Waals surface area contributed by atoms with Gasteiger partial charge in [0.25, 0.3) is 0 Å². The topological polar surface area (TPSA) is 26.3 Å². The molecule has 0 unspecified atom stereocenters. The van der Waals surface area contributed by atoms with Crippen LogP contribution in [0.2, 0.25) is 0 Å². The third kappa shape index (κ3) is 2.25. The van der Waals surface area contributed by atoms with Gasteiger partial charge in [0.1, 0.15) is 5.75 Å². The maximum Gasteiger partial charge on any atom is 0.169 e. The van der Waals surface area contributed by atoms with Gasteiger partial charge in [-0.15, -0.1) is 0 Å². The lowest BCUT2D eigenvalue weighted by Crippen LogP contribution is -2.07. The number of halogens is 1. The van der Waals surface area contributed by atoms with Crippen molar-refractivity contribution in [1.82, 2.24) is 0 Å². The van der Waals surface area contributed by atoms with Crippen molar-refractivity contribution in [1.29, 1.82) is 0 Å². The van der Waals surface area contributed by atoms with E-state index >= 15 is 0 Å². The zero-order valence-corrected chi connectivity index (χ0v) is 11.3. The molecule has 2 aliphatic rings. The van der Waals surface area contributed by atoms with E-state index in [1.807, 2.05) is 6.07 Å². The van der Waals surface area contributed by atoms with E-state index in [-0.39, 0.29) is 11.7 Å². The molecule has 0 aromatic heterocycles. The molecule has 90 valence electrons. The van der Waals surface area contributed by atoms with Crippen LogP contribution >= 0.6 is 15.9 Å². The average molecular weight is 295 g/mol. The molecule has 0 radical (unpaired) electrons. The molecule has 2 nitrogen and oxygen atoms in total. The lowest BCUT2D eigenvalue weighted by atomic mass is 10.00.